The van der Waals surface area contributed by atoms with Crippen molar-refractivity contribution < 1.29 is 4.79 Å². The van der Waals surface area contributed by atoms with Crippen LogP contribution >= 0.6 is 23.6 Å². The van der Waals surface area contributed by atoms with E-state index in [1.54, 1.807) is 0 Å². The number of amides is 1. The first-order chi connectivity index (χ1) is 10.7. The molecule has 6 nitrogen and oxygen atoms in total. The number of hydrogen-bond acceptors (Lipinski definition) is 6. The van der Waals surface area contributed by atoms with Gasteiger partial charge in [-0.2, -0.15) is 0 Å². The Balaban J connectivity index is 1.92. The third-order valence-electron chi connectivity index (χ3n) is 3.60. The maximum atomic E-state index is 12.0. The number of hydrogen-bond donors (Lipinski definition) is 1. The highest BCUT2D eigenvalue weighted by atomic mass is 32.1. The lowest BCUT2D eigenvalue weighted by atomic mass is 10.1. The van der Waals surface area contributed by atoms with Gasteiger partial charge in [-0.3, -0.25) is 9.69 Å². The molecule has 23 heavy (non-hydrogen) atoms. The van der Waals surface area contributed by atoms with Crippen molar-refractivity contribution >= 4 is 34.6 Å². The largest absolute Gasteiger partial charge is 0.356 e. The first-order valence-electron chi connectivity index (χ1n) is 8.03. The molecule has 0 bridgehead atoms. The monoisotopic (exact) mass is 357 g/mol. The van der Waals surface area contributed by atoms with E-state index in [1.165, 1.54) is 11.3 Å². The van der Waals surface area contributed by atoms with Crippen molar-refractivity contribution in [1.82, 2.24) is 19.6 Å². The van der Waals surface area contributed by atoms with Crippen LogP contribution in [0.1, 0.15) is 34.6 Å². The van der Waals surface area contributed by atoms with Gasteiger partial charge in [0.15, 0.2) is 3.95 Å². The van der Waals surface area contributed by atoms with Gasteiger partial charge < -0.3 is 10.2 Å². The van der Waals surface area contributed by atoms with Crippen LogP contribution in [0.25, 0.3) is 0 Å². The normalized spacial score (nSPS) is 16.9. The molecule has 2 rings (SSSR count). The van der Waals surface area contributed by atoms with Crippen molar-refractivity contribution in [3.63, 3.8) is 0 Å². The molecule has 1 aliphatic heterocycles. The predicted octanol–water partition coefficient (Wildman–Crippen LogP) is 2.64. The quantitative estimate of drug-likeness (QED) is 0.840. The van der Waals surface area contributed by atoms with Gasteiger partial charge in [-0.1, -0.05) is 25.2 Å². The Hall–Kier alpha value is -0.990. The number of piperazine rings is 1. The van der Waals surface area contributed by atoms with Crippen molar-refractivity contribution in [2.45, 2.75) is 46.8 Å². The van der Waals surface area contributed by atoms with Gasteiger partial charge in [0.05, 0.1) is 6.67 Å². The zero-order valence-corrected chi connectivity index (χ0v) is 16.3. The molecule has 0 saturated carbocycles. The van der Waals surface area contributed by atoms with Gasteiger partial charge in [0.25, 0.3) is 0 Å². The summed E-state index contributed by atoms with van der Waals surface area (Å²) in [5.74, 6) is 0.311. The highest BCUT2D eigenvalue weighted by Crippen LogP contribution is 2.19. The minimum atomic E-state index is -0.0275. The van der Waals surface area contributed by atoms with E-state index in [0.717, 1.165) is 35.3 Å². The summed E-state index contributed by atoms with van der Waals surface area (Å²) in [6.45, 7) is 14.2. The summed E-state index contributed by atoms with van der Waals surface area (Å²) >= 11 is 6.92. The zero-order valence-electron chi connectivity index (χ0n) is 14.6. The molecule has 1 fully saturated rings. The molecule has 0 aliphatic carbocycles. The van der Waals surface area contributed by atoms with E-state index in [1.807, 2.05) is 23.4 Å². The van der Waals surface area contributed by atoms with Crippen LogP contribution in [0.2, 0.25) is 0 Å². The fourth-order valence-electron chi connectivity index (χ4n) is 2.43. The molecule has 1 amide bonds. The third kappa shape index (κ3) is 5.26. The van der Waals surface area contributed by atoms with Crippen LogP contribution in [0.5, 0.6) is 0 Å². The summed E-state index contributed by atoms with van der Waals surface area (Å²) in [7, 11) is 0. The number of anilines is 1. The molecular formula is C15H27N5OS2. The average Bonchev–Trinajstić information content (AvgIpc) is 2.76. The maximum absolute atomic E-state index is 12.0. The summed E-state index contributed by atoms with van der Waals surface area (Å²) in [4.78, 5) is 16.3. The van der Waals surface area contributed by atoms with Crippen LogP contribution in [0.15, 0.2) is 0 Å². The van der Waals surface area contributed by atoms with E-state index in [4.69, 9.17) is 12.2 Å². The first-order valence-corrected chi connectivity index (χ1v) is 9.25. The maximum Gasteiger partial charge on any atom is 0.225 e. The lowest BCUT2D eigenvalue weighted by Gasteiger charge is -2.35. The van der Waals surface area contributed by atoms with Gasteiger partial charge in [0.2, 0.25) is 11.0 Å². The van der Waals surface area contributed by atoms with Gasteiger partial charge in [-0.05, 0) is 33.0 Å². The molecule has 0 spiro atoms. The molecule has 0 radical (unpaired) electrons. The van der Waals surface area contributed by atoms with Gasteiger partial charge in [-0.15, -0.1) is 5.10 Å². The van der Waals surface area contributed by atoms with Crippen molar-refractivity contribution in [3.05, 3.63) is 3.95 Å². The average molecular weight is 358 g/mol. The number of rotatable bonds is 4. The number of nitrogens with one attached hydrogen (secondary N) is 1. The third-order valence-corrected chi connectivity index (χ3v) is 4.82. The Morgan fingerprint density at radius 1 is 1.30 bits per heavy atom. The van der Waals surface area contributed by atoms with Crippen LogP contribution in [0, 0.1) is 9.87 Å². The summed E-state index contributed by atoms with van der Waals surface area (Å²) < 4.78 is 2.64. The Kier molecular flexibility index (Phi) is 5.80. The van der Waals surface area contributed by atoms with E-state index in [-0.39, 0.29) is 17.4 Å². The molecule has 1 aliphatic rings. The van der Waals surface area contributed by atoms with E-state index in [9.17, 15) is 4.79 Å². The standard InChI is InChI=1S/C15H27N5OS2/c1-11(2)12(21)19-8-6-18(7-9-19)10-20-14(22)23-13(17-20)16-15(3,4)5/h11H,6-10H2,1-5H3,(H,16,17). The lowest BCUT2D eigenvalue weighted by molar-refractivity contribution is -0.136. The van der Waals surface area contributed by atoms with Gasteiger partial charge in [0.1, 0.15) is 0 Å². The van der Waals surface area contributed by atoms with E-state index in [0.29, 0.717) is 6.67 Å². The van der Waals surface area contributed by atoms with E-state index in [2.05, 4.69) is 36.1 Å². The lowest BCUT2D eigenvalue weighted by Crippen LogP contribution is -2.50. The number of nitrogens with zero attached hydrogens (tertiary/aromatic N) is 4. The molecule has 0 unspecified atom stereocenters. The van der Waals surface area contributed by atoms with Crippen LogP contribution in [-0.2, 0) is 11.5 Å². The molecule has 0 atom stereocenters. The smallest absolute Gasteiger partial charge is 0.225 e. The minimum Gasteiger partial charge on any atom is -0.356 e. The highest BCUT2D eigenvalue weighted by Gasteiger charge is 2.23. The SMILES string of the molecule is CC(C)C(=O)N1CCN(Cn2nc(NC(C)(C)C)sc2=S)CC1. The number of carbonyl (C=O) groups excluding carboxylic acids is 1. The highest BCUT2D eigenvalue weighted by molar-refractivity contribution is 7.73. The predicted molar refractivity (Wildman–Crippen MR) is 97.3 cm³/mol. The topological polar surface area (TPSA) is 53.4 Å². The molecule has 130 valence electrons. The Morgan fingerprint density at radius 3 is 2.43 bits per heavy atom. The number of carbonyl (C=O) groups is 1. The summed E-state index contributed by atoms with van der Waals surface area (Å²) in [5, 5.41) is 8.79. The summed E-state index contributed by atoms with van der Waals surface area (Å²) in [5.41, 5.74) is -0.0275. The minimum absolute atomic E-state index is 0.0275. The van der Waals surface area contributed by atoms with Crippen molar-refractivity contribution in [1.29, 1.82) is 0 Å². The second-order valence-electron chi connectivity index (χ2n) is 7.29. The van der Waals surface area contributed by atoms with E-state index < -0.39 is 0 Å². The molecule has 1 saturated heterocycles. The molecule has 2 heterocycles. The first kappa shape index (κ1) is 18.4. The van der Waals surface area contributed by atoms with Crippen molar-refractivity contribution in [2.24, 2.45) is 5.92 Å². The van der Waals surface area contributed by atoms with Crippen LogP contribution in [-0.4, -0.2) is 57.2 Å². The summed E-state index contributed by atoms with van der Waals surface area (Å²) in [6.07, 6.45) is 0. The molecule has 1 aromatic rings. The van der Waals surface area contributed by atoms with Crippen molar-refractivity contribution in [3.8, 4) is 0 Å². The van der Waals surface area contributed by atoms with Crippen LogP contribution in [0.4, 0.5) is 5.13 Å². The van der Waals surface area contributed by atoms with Crippen LogP contribution < -0.4 is 5.32 Å². The number of aromatic nitrogens is 2. The Morgan fingerprint density at radius 2 is 1.91 bits per heavy atom. The fraction of sp³-hybridized carbons (Fsp3) is 0.800. The van der Waals surface area contributed by atoms with Crippen molar-refractivity contribution in [2.75, 3.05) is 31.5 Å². The summed E-state index contributed by atoms with van der Waals surface area (Å²) in [6, 6.07) is 0. The second kappa shape index (κ2) is 7.27. The molecule has 8 heteroatoms. The molecular weight excluding hydrogens is 330 g/mol. The molecule has 0 aromatic carbocycles. The van der Waals surface area contributed by atoms with Crippen LogP contribution in [0.3, 0.4) is 0 Å². The molecule has 1 N–H and O–H groups in total. The Labute approximate surface area is 147 Å². The second-order valence-corrected chi connectivity index (χ2v) is 8.91. The molecule has 1 aromatic heterocycles. The van der Waals surface area contributed by atoms with Gasteiger partial charge >= 0.3 is 0 Å². The van der Waals surface area contributed by atoms with Gasteiger partial charge in [-0.25, -0.2) is 4.68 Å². The fourth-order valence-corrected chi connectivity index (χ4v) is 3.63. The van der Waals surface area contributed by atoms with E-state index >= 15 is 0 Å². The zero-order chi connectivity index (χ0) is 17.2. The Bertz CT molecular complexity index is 594. The van der Waals surface area contributed by atoms with Gasteiger partial charge in [0, 0.05) is 37.6 Å².